The lowest BCUT2D eigenvalue weighted by atomic mass is 10.2. The Kier molecular flexibility index (Phi) is 5.96. The summed E-state index contributed by atoms with van der Waals surface area (Å²) in [7, 11) is 1.55. The standard InChI is InChI=1S/C20H19ClN4O3/c1-3-22-19(26)13-4-8-15(9-5-13)24-18-17(12-23-25(2)20(18)27)28-16-10-6-14(21)7-11-16/h4-12,24H,3H2,1-2H3,(H,22,26). The molecule has 0 aliphatic heterocycles. The average molecular weight is 399 g/mol. The summed E-state index contributed by atoms with van der Waals surface area (Å²) in [4.78, 5) is 24.4. The molecule has 2 N–H and O–H groups in total. The molecule has 0 unspecified atom stereocenters. The number of nitrogens with one attached hydrogen (secondary N) is 2. The summed E-state index contributed by atoms with van der Waals surface area (Å²) in [6.07, 6.45) is 1.46. The lowest BCUT2D eigenvalue weighted by molar-refractivity contribution is 0.0956. The Bertz CT molecular complexity index is 1030. The topological polar surface area (TPSA) is 85.2 Å². The molecule has 1 amide bonds. The highest BCUT2D eigenvalue weighted by molar-refractivity contribution is 6.30. The molecule has 3 rings (SSSR count). The van der Waals surface area contributed by atoms with Crippen LogP contribution in [0.25, 0.3) is 0 Å². The van der Waals surface area contributed by atoms with E-state index in [9.17, 15) is 9.59 Å². The lowest BCUT2D eigenvalue weighted by Crippen LogP contribution is -2.23. The first-order chi connectivity index (χ1) is 13.5. The number of aryl methyl sites for hydroxylation is 1. The maximum Gasteiger partial charge on any atom is 0.294 e. The summed E-state index contributed by atoms with van der Waals surface area (Å²) in [6.45, 7) is 2.41. The number of hydrogen-bond donors (Lipinski definition) is 2. The number of aromatic nitrogens is 2. The van der Waals surface area contributed by atoms with E-state index in [0.717, 1.165) is 0 Å². The summed E-state index contributed by atoms with van der Waals surface area (Å²) in [5.74, 6) is 0.646. The number of nitrogens with zero attached hydrogens (tertiary/aromatic N) is 2. The lowest BCUT2D eigenvalue weighted by Gasteiger charge is -2.13. The van der Waals surface area contributed by atoms with Gasteiger partial charge in [0, 0.05) is 29.9 Å². The first-order valence-corrected chi connectivity index (χ1v) is 9.00. The zero-order valence-corrected chi connectivity index (χ0v) is 16.2. The maximum absolute atomic E-state index is 12.6. The summed E-state index contributed by atoms with van der Waals surface area (Å²) >= 11 is 5.89. The fourth-order valence-electron chi connectivity index (χ4n) is 2.46. The molecule has 1 heterocycles. The number of rotatable bonds is 6. The predicted octanol–water partition coefficient (Wildman–Crippen LogP) is 3.72. The number of carbonyl (C=O) groups excluding carboxylic acids is 1. The molecule has 1 aromatic heterocycles. The van der Waals surface area contributed by atoms with Gasteiger partial charge in [0.2, 0.25) is 0 Å². The van der Waals surface area contributed by atoms with Crippen molar-refractivity contribution in [3.05, 3.63) is 75.7 Å². The second-order valence-corrected chi connectivity index (χ2v) is 6.37. The van der Waals surface area contributed by atoms with Crippen LogP contribution in [-0.2, 0) is 7.05 Å². The van der Waals surface area contributed by atoms with Crippen molar-refractivity contribution < 1.29 is 9.53 Å². The quantitative estimate of drug-likeness (QED) is 0.661. The van der Waals surface area contributed by atoms with Gasteiger partial charge in [-0.3, -0.25) is 9.59 Å². The average Bonchev–Trinajstić information content (AvgIpc) is 2.70. The number of anilines is 2. The number of benzene rings is 2. The molecule has 0 bridgehead atoms. The molecule has 2 aromatic carbocycles. The second kappa shape index (κ2) is 8.58. The molecule has 0 spiro atoms. The molecular formula is C20H19ClN4O3. The fraction of sp³-hybridized carbons (Fsp3) is 0.150. The first-order valence-electron chi connectivity index (χ1n) is 8.63. The van der Waals surface area contributed by atoms with Crippen LogP contribution in [0.15, 0.2) is 59.5 Å². The number of ether oxygens (including phenoxy) is 1. The Morgan fingerprint density at radius 1 is 1.14 bits per heavy atom. The normalized spacial score (nSPS) is 10.4. The minimum absolute atomic E-state index is 0.152. The van der Waals surface area contributed by atoms with E-state index in [0.29, 0.717) is 28.6 Å². The van der Waals surface area contributed by atoms with Crippen molar-refractivity contribution in [2.45, 2.75) is 6.92 Å². The predicted molar refractivity (Wildman–Crippen MR) is 109 cm³/mol. The summed E-state index contributed by atoms with van der Waals surface area (Å²) in [6, 6.07) is 13.6. The molecule has 0 atom stereocenters. The number of amides is 1. The van der Waals surface area contributed by atoms with E-state index in [4.69, 9.17) is 16.3 Å². The Morgan fingerprint density at radius 3 is 2.46 bits per heavy atom. The third-order valence-electron chi connectivity index (χ3n) is 3.90. The van der Waals surface area contributed by atoms with Gasteiger partial charge in [-0.2, -0.15) is 5.10 Å². The van der Waals surface area contributed by atoms with Gasteiger partial charge in [-0.1, -0.05) is 11.6 Å². The van der Waals surface area contributed by atoms with Gasteiger partial charge in [-0.05, 0) is 55.5 Å². The molecule has 8 heteroatoms. The highest BCUT2D eigenvalue weighted by Gasteiger charge is 2.13. The molecule has 3 aromatic rings. The van der Waals surface area contributed by atoms with Crippen LogP contribution in [0.5, 0.6) is 11.5 Å². The molecule has 0 aliphatic carbocycles. The van der Waals surface area contributed by atoms with E-state index >= 15 is 0 Å². The van der Waals surface area contributed by atoms with Crippen molar-refractivity contribution in [1.82, 2.24) is 15.1 Å². The minimum Gasteiger partial charge on any atom is -0.453 e. The van der Waals surface area contributed by atoms with Gasteiger partial charge in [0.1, 0.15) is 5.75 Å². The number of halogens is 1. The molecule has 0 radical (unpaired) electrons. The highest BCUT2D eigenvalue weighted by atomic mass is 35.5. The third-order valence-corrected chi connectivity index (χ3v) is 4.15. The monoisotopic (exact) mass is 398 g/mol. The molecule has 7 nitrogen and oxygen atoms in total. The molecule has 0 saturated heterocycles. The minimum atomic E-state index is -0.348. The highest BCUT2D eigenvalue weighted by Crippen LogP contribution is 2.29. The van der Waals surface area contributed by atoms with Gasteiger partial charge < -0.3 is 15.4 Å². The largest absolute Gasteiger partial charge is 0.453 e. The Balaban J connectivity index is 1.88. The molecular weight excluding hydrogens is 380 g/mol. The van der Waals surface area contributed by atoms with Gasteiger partial charge in [0.05, 0.1) is 6.20 Å². The first kappa shape index (κ1) is 19.4. The third kappa shape index (κ3) is 4.50. The molecule has 144 valence electrons. The van der Waals surface area contributed by atoms with Crippen LogP contribution in [0.4, 0.5) is 11.4 Å². The van der Waals surface area contributed by atoms with E-state index in [2.05, 4.69) is 15.7 Å². The van der Waals surface area contributed by atoms with Crippen LogP contribution < -0.4 is 20.9 Å². The van der Waals surface area contributed by atoms with Crippen molar-refractivity contribution in [1.29, 1.82) is 0 Å². The van der Waals surface area contributed by atoms with Crippen molar-refractivity contribution in [3.63, 3.8) is 0 Å². The maximum atomic E-state index is 12.6. The van der Waals surface area contributed by atoms with Gasteiger partial charge in [-0.15, -0.1) is 0 Å². The SMILES string of the molecule is CCNC(=O)c1ccc(Nc2c(Oc3ccc(Cl)cc3)cnn(C)c2=O)cc1. The van der Waals surface area contributed by atoms with E-state index in [1.807, 2.05) is 6.92 Å². The summed E-state index contributed by atoms with van der Waals surface area (Å²) in [5, 5.41) is 10.4. The number of carbonyl (C=O) groups is 1. The van der Waals surface area contributed by atoms with Crippen LogP contribution in [0.1, 0.15) is 17.3 Å². The van der Waals surface area contributed by atoms with Crippen LogP contribution in [0.2, 0.25) is 5.02 Å². The molecule has 28 heavy (non-hydrogen) atoms. The van der Waals surface area contributed by atoms with Gasteiger partial charge >= 0.3 is 0 Å². The smallest absolute Gasteiger partial charge is 0.294 e. The number of hydrogen-bond acceptors (Lipinski definition) is 5. The zero-order chi connectivity index (χ0) is 20.1. The van der Waals surface area contributed by atoms with E-state index in [1.54, 1.807) is 55.6 Å². The molecule has 0 saturated carbocycles. The van der Waals surface area contributed by atoms with Crippen molar-refractivity contribution in [2.75, 3.05) is 11.9 Å². The van der Waals surface area contributed by atoms with Crippen LogP contribution in [0, 0.1) is 0 Å². The van der Waals surface area contributed by atoms with E-state index in [1.165, 1.54) is 10.9 Å². The van der Waals surface area contributed by atoms with Gasteiger partial charge in [-0.25, -0.2) is 4.68 Å². The van der Waals surface area contributed by atoms with Gasteiger partial charge in [0.25, 0.3) is 11.5 Å². The van der Waals surface area contributed by atoms with Crippen molar-refractivity contribution >= 4 is 28.9 Å². The Labute approximate surface area is 166 Å². The summed E-state index contributed by atoms with van der Waals surface area (Å²) < 4.78 is 7.01. The van der Waals surface area contributed by atoms with Crippen LogP contribution in [-0.4, -0.2) is 22.2 Å². The van der Waals surface area contributed by atoms with Crippen LogP contribution in [0.3, 0.4) is 0 Å². The fourth-order valence-corrected chi connectivity index (χ4v) is 2.58. The van der Waals surface area contributed by atoms with E-state index in [-0.39, 0.29) is 22.9 Å². The Morgan fingerprint density at radius 2 is 1.82 bits per heavy atom. The van der Waals surface area contributed by atoms with Crippen molar-refractivity contribution in [3.8, 4) is 11.5 Å². The molecule has 0 fully saturated rings. The molecule has 0 aliphatic rings. The summed E-state index contributed by atoms with van der Waals surface area (Å²) in [5.41, 5.74) is 1.06. The van der Waals surface area contributed by atoms with Gasteiger partial charge in [0.15, 0.2) is 11.4 Å². The van der Waals surface area contributed by atoms with Crippen LogP contribution >= 0.6 is 11.6 Å². The van der Waals surface area contributed by atoms with Crippen molar-refractivity contribution in [2.24, 2.45) is 7.05 Å². The van der Waals surface area contributed by atoms with E-state index < -0.39 is 0 Å². The zero-order valence-electron chi connectivity index (χ0n) is 15.4. The second-order valence-electron chi connectivity index (χ2n) is 5.93. The Hall–Kier alpha value is -3.32.